The third kappa shape index (κ3) is 5.74. The molecule has 5 N–H and O–H groups in total. The lowest BCUT2D eigenvalue weighted by Crippen LogP contribution is -2.30. The number of aliphatic hydroxyl groups excluding tert-OH is 1. The topological polar surface area (TPSA) is 183 Å². The van der Waals surface area contributed by atoms with E-state index < -0.39 is 23.8 Å². The molecular formula is C36H42N4O8. The Morgan fingerprint density at radius 2 is 1.60 bits per heavy atom. The highest BCUT2D eigenvalue weighted by molar-refractivity contribution is 6.14. The molecule has 254 valence electrons. The number of aliphatic hydroxyl groups is 1. The molecule has 0 bridgehead atoms. The van der Waals surface area contributed by atoms with Crippen LogP contribution in [0.1, 0.15) is 96.4 Å². The summed E-state index contributed by atoms with van der Waals surface area (Å²) in [6.45, 7) is 11.1. The highest BCUT2D eigenvalue weighted by atomic mass is 16.5. The largest absolute Gasteiger partial charge is 0.469 e. The van der Waals surface area contributed by atoms with E-state index in [0.717, 1.165) is 51.2 Å². The Labute approximate surface area is 278 Å². The Balaban J connectivity index is 1.64. The third-order valence-corrected chi connectivity index (χ3v) is 10.1. The van der Waals surface area contributed by atoms with Crippen LogP contribution in [-0.4, -0.2) is 76.8 Å². The quantitative estimate of drug-likeness (QED) is 0.105. The molecule has 2 aliphatic rings. The zero-order valence-corrected chi connectivity index (χ0v) is 28.1. The first-order valence-corrected chi connectivity index (χ1v) is 15.9. The van der Waals surface area contributed by atoms with Gasteiger partial charge in [-0.25, -0.2) is 0 Å². The predicted molar refractivity (Wildman–Crippen MR) is 176 cm³/mol. The van der Waals surface area contributed by atoms with E-state index in [-0.39, 0.29) is 37.2 Å². The molecule has 0 radical (unpaired) electrons. The SMILES string of the molecule is C=CC1=C(C)C(Cc2[nH]c(C3c4[nH]c(Cc5[nH]c(C=O)c(C)c5CCO)c(C)c4C(=O)C3C(=O)OC)c(CCC(=O)OC)c2C)NC1=O. The number of H-pyrrole nitrogens is 3. The van der Waals surface area contributed by atoms with Crippen LogP contribution in [0.3, 0.4) is 0 Å². The molecule has 0 saturated heterocycles. The minimum Gasteiger partial charge on any atom is -0.469 e. The van der Waals surface area contributed by atoms with Gasteiger partial charge in [-0.3, -0.25) is 24.0 Å². The highest BCUT2D eigenvalue weighted by Crippen LogP contribution is 2.47. The van der Waals surface area contributed by atoms with Crippen LogP contribution in [0.2, 0.25) is 0 Å². The first-order chi connectivity index (χ1) is 22.9. The summed E-state index contributed by atoms with van der Waals surface area (Å²) in [6, 6.07) is -0.297. The number of aromatic amines is 3. The second-order valence-corrected chi connectivity index (χ2v) is 12.5. The summed E-state index contributed by atoms with van der Waals surface area (Å²) in [7, 11) is 2.57. The number of Topliss-reactive ketones (excluding diaryl/α,β-unsaturated/α-hetero) is 1. The molecule has 5 rings (SSSR count). The van der Waals surface area contributed by atoms with Gasteiger partial charge in [0.05, 0.1) is 31.9 Å². The number of rotatable bonds is 13. The number of hydrogen-bond donors (Lipinski definition) is 5. The first kappa shape index (κ1) is 34.4. The van der Waals surface area contributed by atoms with Crippen molar-refractivity contribution >= 4 is 29.9 Å². The van der Waals surface area contributed by atoms with Gasteiger partial charge in [0.25, 0.3) is 5.91 Å². The standard InChI is InChI=1S/C36H42N4O8/c1-8-20-16(2)24(40-35(20)45)13-23-18(4)22(9-10-28(43)47-6)32(38-23)30-31(36(46)48-7)34(44)29-19(5)25(39-33(29)30)14-26-21(11-12-41)17(3)27(15-42)37-26/h8,15,24,30-31,37-39,41H,1,9-14H2,2-7H3,(H,40,45). The maximum Gasteiger partial charge on any atom is 0.317 e. The number of methoxy groups -OCH3 is 2. The Kier molecular flexibility index (Phi) is 9.76. The van der Waals surface area contributed by atoms with E-state index in [2.05, 4.69) is 26.8 Å². The lowest BCUT2D eigenvalue weighted by Gasteiger charge is -2.19. The molecular weight excluding hydrogens is 616 g/mol. The second-order valence-electron chi connectivity index (χ2n) is 12.5. The number of ether oxygens (including phenoxy) is 2. The van der Waals surface area contributed by atoms with Crippen molar-refractivity contribution in [1.29, 1.82) is 0 Å². The predicted octanol–water partition coefficient (Wildman–Crippen LogP) is 3.30. The minimum absolute atomic E-state index is 0.0750. The van der Waals surface area contributed by atoms with Gasteiger partial charge in [-0.1, -0.05) is 12.7 Å². The summed E-state index contributed by atoms with van der Waals surface area (Å²) >= 11 is 0. The third-order valence-electron chi connectivity index (χ3n) is 10.1. The number of aldehydes is 1. The number of esters is 2. The van der Waals surface area contributed by atoms with Crippen molar-refractivity contribution < 1.29 is 38.6 Å². The number of carbonyl (C=O) groups is 5. The summed E-state index contributed by atoms with van der Waals surface area (Å²) in [4.78, 5) is 74.2. The molecule has 4 heterocycles. The van der Waals surface area contributed by atoms with Crippen LogP contribution in [0, 0.1) is 26.7 Å². The minimum atomic E-state index is -1.17. The van der Waals surface area contributed by atoms with Gasteiger partial charge in [-0.2, -0.15) is 0 Å². The molecule has 0 spiro atoms. The van der Waals surface area contributed by atoms with Crippen LogP contribution < -0.4 is 5.32 Å². The van der Waals surface area contributed by atoms with Crippen LogP contribution in [0.4, 0.5) is 0 Å². The number of carbonyl (C=O) groups excluding carboxylic acids is 5. The van der Waals surface area contributed by atoms with E-state index in [1.165, 1.54) is 20.3 Å². The molecule has 3 unspecified atom stereocenters. The fourth-order valence-electron chi connectivity index (χ4n) is 7.38. The Morgan fingerprint density at radius 1 is 0.896 bits per heavy atom. The lowest BCUT2D eigenvalue weighted by atomic mass is 9.87. The number of aromatic nitrogens is 3. The van der Waals surface area contributed by atoms with Crippen molar-refractivity contribution in [3.05, 3.63) is 91.3 Å². The summed E-state index contributed by atoms with van der Waals surface area (Å²) < 4.78 is 10.1. The number of ketones is 1. The van der Waals surface area contributed by atoms with Crippen LogP contribution in [-0.2, 0) is 49.5 Å². The van der Waals surface area contributed by atoms with Crippen molar-refractivity contribution in [2.45, 2.75) is 71.8 Å². The van der Waals surface area contributed by atoms with E-state index in [9.17, 15) is 29.1 Å². The maximum atomic E-state index is 14.1. The van der Waals surface area contributed by atoms with E-state index >= 15 is 0 Å². The molecule has 12 nitrogen and oxygen atoms in total. The smallest absolute Gasteiger partial charge is 0.317 e. The average Bonchev–Trinajstić information content (AvgIpc) is 3.81. The molecule has 12 heteroatoms. The van der Waals surface area contributed by atoms with Crippen LogP contribution >= 0.6 is 0 Å². The maximum absolute atomic E-state index is 14.1. The lowest BCUT2D eigenvalue weighted by molar-refractivity contribution is -0.144. The Bertz CT molecular complexity index is 1870. The second kappa shape index (κ2) is 13.6. The molecule has 0 aromatic carbocycles. The van der Waals surface area contributed by atoms with E-state index in [1.807, 2.05) is 27.7 Å². The number of nitrogens with one attached hydrogen (secondary N) is 4. The molecule has 1 amide bonds. The number of hydrogen-bond acceptors (Lipinski definition) is 8. The van der Waals surface area contributed by atoms with Crippen LogP contribution in [0.15, 0.2) is 23.8 Å². The van der Waals surface area contributed by atoms with Crippen LogP contribution in [0.25, 0.3) is 0 Å². The molecule has 3 aromatic rings. The molecule has 0 fully saturated rings. The number of fused-ring (bicyclic) bond motifs is 1. The molecule has 48 heavy (non-hydrogen) atoms. The summed E-state index contributed by atoms with van der Waals surface area (Å²) in [5.41, 5.74) is 9.55. The summed E-state index contributed by atoms with van der Waals surface area (Å²) in [6.07, 6.45) is 3.74. The first-order valence-electron chi connectivity index (χ1n) is 15.9. The van der Waals surface area contributed by atoms with Gasteiger partial charge in [0.1, 0.15) is 5.92 Å². The van der Waals surface area contributed by atoms with Crippen LogP contribution in [0.5, 0.6) is 0 Å². The normalized spacial score (nSPS) is 18.7. The molecule has 1 aliphatic heterocycles. The number of amides is 1. The van der Waals surface area contributed by atoms with Crippen molar-refractivity contribution in [3.63, 3.8) is 0 Å². The van der Waals surface area contributed by atoms with Crippen molar-refractivity contribution in [2.75, 3.05) is 20.8 Å². The monoisotopic (exact) mass is 658 g/mol. The summed E-state index contributed by atoms with van der Waals surface area (Å²) in [5, 5.41) is 12.7. The molecule has 3 aromatic heterocycles. The Morgan fingerprint density at radius 3 is 2.21 bits per heavy atom. The van der Waals surface area contributed by atoms with Gasteiger partial charge in [-0.05, 0) is 73.9 Å². The van der Waals surface area contributed by atoms with Gasteiger partial charge >= 0.3 is 11.9 Å². The Hall–Kier alpha value is -4.97. The van der Waals surface area contributed by atoms with Crippen molar-refractivity contribution in [2.24, 2.45) is 5.92 Å². The zero-order valence-electron chi connectivity index (χ0n) is 28.1. The van der Waals surface area contributed by atoms with Gasteiger partial charge < -0.3 is 34.8 Å². The van der Waals surface area contributed by atoms with E-state index in [1.54, 1.807) is 0 Å². The van der Waals surface area contributed by atoms with Gasteiger partial charge in [0.2, 0.25) is 0 Å². The van der Waals surface area contributed by atoms with Crippen molar-refractivity contribution in [1.82, 2.24) is 20.3 Å². The fraction of sp³-hybridized carbons (Fsp3) is 0.417. The highest BCUT2D eigenvalue weighted by Gasteiger charge is 2.50. The van der Waals surface area contributed by atoms with Gasteiger partial charge in [0.15, 0.2) is 12.1 Å². The van der Waals surface area contributed by atoms with Gasteiger partial charge in [0, 0.05) is 65.5 Å². The van der Waals surface area contributed by atoms with E-state index in [0.29, 0.717) is 53.0 Å². The molecule has 0 saturated carbocycles. The zero-order chi connectivity index (χ0) is 35.0. The van der Waals surface area contributed by atoms with Crippen molar-refractivity contribution in [3.8, 4) is 0 Å². The van der Waals surface area contributed by atoms with E-state index in [4.69, 9.17) is 9.47 Å². The average molecular weight is 659 g/mol. The molecule has 3 atom stereocenters. The van der Waals surface area contributed by atoms with Gasteiger partial charge in [-0.15, -0.1) is 0 Å². The molecule has 1 aliphatic carbocycles. The fourth-order valence-corrected chi connectivity index (χ4v) is 7.38. The summed E-state index contributed by atoms with van der Waals surface area (Å²) in [5.74, 6) is -3.61.